The number of piperazine rings is 1. The van der Waals surface area contributed by atoms with Crippen LogP contribution >= 0.6 is 0 Å². The summed E-state index contributed by atoms with van der Waals surface area (Å²) >= 11 is 0. The predicted octanol–water partition coefficient (Wildman–Crippen LogP) is -0.731. The van der Waals surface area contributed by atoms with Crippen LogP contribution < -0.4 is 22.1 Å². The number of pyridine rings is 1. The highest BCUT2D eigenvalue weighted by Gasteiger charge is 2.22. The quantitative estimate of drug-likeness (QED) is 0.579. The topological polar surface area (TPSA) is 102 Å². The summed E-state index contributed by atoms with van der Waals surface area (Å²) in [5.41, 5.74) is -1.28. The van der Waals surface area contributed by atoms with E-state index in [1.54, 1.807) is 13.8 Å². The number of aromatic nitrogens is 3. The van der Waals surface area contributed by atoms with Crippen molar-refractivity contribution in [1.29, 1.82) is 0 Å². The van der Waals surface area contributed by atoms with Gasteiger partial charge in [0.2, 0.25) is 0 Å². The molecule has 1 amide bonds. The highest BCUT2D eigenvalue weighted by atomic mass is 16.2. The second kappa shape index (κ2) is 9.61. The molecule has 10 nitrogen and oxygen atoms in total. The molecule has 1 fully saturated rings. The molecule has 3 heterocycles. The third-order valence-corrected chi connectivity index (χ3v) is 5.99. The number of rotatable bonds is 7. The van der Waals surface area contributed by atoms with Crippen molar-refractivity contribution >= 4 is 16.9 Å². The van der Waals surface area contributed by atoms with Crippen LogP contribution in [0.5, 0.6) is 0 Å². The number of carbonyl (C=O) groups excluding carboxylic acids is 1. The van der Waals surface area contributed by atoms with Gasteiger partial charge < -0.3 is 15.1 Å². The van der Waals surface area contributed by atoms with E-state index in [1.165, 1.54) is 22.2 Å². The van der Waals surface area contributed by atoms with E-state index in [4.69, 9.17) is 0 Å². The summed E-state index contributed by atoms with van der Waals surface area (Å²) in [6.07, 6.45) is 0.775. The lowest BCUT2D eigenvalue weighted by Crippen LogP contribution is -2.45. The molecule has 31 heavy (non-hydrogen) atoms. The molecule has 2 aromatic rings. The van der Waals surface area contributed by atoms with Gasteiger partial charge >= 0.3 is 5.69 Å². The molecule has 0 spiro atoms. The lowest BCUT2D eigenvalue weighted by atomic mass is 10.1. The molecule has 1 aliphatic heterocycles. The maximum absolute atomic E-state index is 13.0. The first kappa shape index (κ1) is 23.0. The van der Waals surface area contributed by atoms with Crippen LogP contribution in [0.15, 0.2) is 20.4 Å². The molecule has 1 aliphatic rings. The van der Waals surface area contributed by atoms with E-state index in [0.717, 1.165) is 43.7 Å². The Kier molecular flexibility index (Phi) is 7.11. The Bertz CT molecular complexity index is 1140. The maximum Gasteiger partial charge on any atom is 0.332 e. The minimum Gasteiger partial charge on any atom is -0.352 e. The zero-order valence-corrected chi connectivity index (χ0v) is 18.8. The molecule has 3 rings (SSSR count). The van der Waals surface area contributed by atoms with Crippen LogP contribution in [-0.4, -0.2) is 75.7 Å². The normalized spacial score (nSPS) is 15.5. The second-order valence-corrected chi connectivity index (χ2v) is 7.98. The van der Waals surface area contributed by atoms with Crippen LogP contribution in [0.25, 0.3) is 11.0 Å². The highest BCUT2D eigenvalue weighted by molar-refractivity contribution is 6.05. The standard InChI is InChI=1S/C21H32N6O4/c1-5-26-16(28)14-15(17-19(26)24(4)21(31)27(6-2)20(17)30)18(29)22-8-7-9-25-12-10-23(3)11-13-25/h14H,5-13H2,1-4H3,(H,22,29). The van der Waals surface area contributed by atoms with Crippen molar-refractivity contribution in [2.75, 3.05) is 46.3 Å². The molecule has 1 N–H and O–H groups in total. The van der Waals surface area contributed by atoms with Gasteiger partial charge in [-0.25, -0.2) is 4.79 Å². The lowest BCUT2D eigenvalue weighted by molar-refractivity contribution is 0.0950. The average Bonchev–Trinajstić information content (AvgIpc) is 2.75. The van der Waals surface area contributed by atoms with E-state index in [9.17, 15) is 19.2 Å². The lowest BCUT2D eigenvalue weighted by Gasteiger charge is -2.32. The molecular weight excluding hydrogens is 400 g/mol. The van der Waals surface area contributed by atoms with Gasteiger partial charge in [-0.05, 0) is 33.9 Å². The Balaban J connectivity index is 1.88. The van der Waals surface area contributed by atoms with Crippen LogP contribution in [0.4, 0.5) is 0 Å². The van der Waals surface area contributed by atoms with Crippen molar-refractivity contribution in [1.82, 2.24) is 28.8 Å². The Hall–Kier alpha value is -2.72. The van der Waals surface area contributed by atoms with Crippen LogP contribution in [0.1, 0.15) is 30.6 Å². The fourth-order valence-corrected chi connectivity index (χ4v) is 4.12. The van der Waals surface area contributed by atoms with E-state index in [1.807, 2.05) is 0 Å². The van der Waals surface area contributed by atoms with Gasteiger partial charge in [0.15, 0.2) is 0 Å². The Morgan fingerprint density at radius 2 is 1.65 bits per heavy atom. The van der Waals surface area contributed by atoms with E-state index in [2.05, 4.69) is 22.2 Å². The molecule has 2 aromatic heterocycles. The highest BCUT2D eigenvalue weighted by Crippen LogP contribution is 2.12. The van der Waals surface area contributed by atoms with Crippen molar-refractivity contribution in [3.8, 4) is 0 Å². The number of amides is 1. The molecule has 0 bridgehead atoms. The maximum atomic E-state index is 13.0. The van der Waals surface area contributed by atoms with E-state index in [-0.39, 0.29) is 29.7 Å². The van der Waals surface area contributed by atoms with Crippen LogP contribution in [0, 0.1) is 0 Å². The van der Waals surface area contributed by atoms with Gasteiger partial charge in [-0.2, -0.15) is 0 Å². The van der Waals surface area contributed by atoms with Crippen molar-refractivity contribution in [3.63, 3.8) is 0 Å². The van der Waals surface area contributed by atoms with Crippen molar-refractivity contribution in [2.24, 2.45) is 7.05 Å². The zero-order valence-electron chi connectivity index (χ0n) is 18.8. The SMILES string of the molecule is CCn1c(=O)c2c(C(=O)NCCCN3CCN(C)CC3)cc(=O)n(CC)c2n(C)c1=O. The number of likely N-dealkylation sites (N-methyl/N-ethyl adjacent to an activating group) is 1. The van der Waals surface area contributed by atoms with Gasteiger partial charge in [0.1, 0.15) is 5.65 Å². The van der Waals surface area contributed by atoms with Crippen molar-refractivity contribution < 1.29 is 4.79 Å². The van der Waals surface area contributed by atoms with Crippen molar-refractivity contribution in [2.45, 2.75) is 33.4 Å². The first-order valence-electron chi connectivity index (χ1n) is 10.9. The smallest absolute Gasteiger partial charge is 0.332 e. The summed E-state index contributed by atoms with van der Waals surface area (Å²) in [4.78, 5) is 55.8. The molecular formula is C21H32N6O4. The van der Waals surface area contributed by atoms with E-state index in [0.29, 0.717) is 6.54 Å². The Labute approximate surface area is 180 Å². The summed E-state index contributed by atoms with van der Waals surface area (Å²) in [6, 6.07) is 1.20. The third kappa shape index (κ3) is 4.49. The number of aryl methyl sites for hydroxylation is 2. The molecule has 0 radical (unpaired) electrons. The number of hydrogen-bond acceptors (Lipinski definition) is 6. The van der Waals surface area contributed by atoms with E-state index < -0.39 is 22.7 Å². The van der Waals surface area contributed by atoms with Gasteiger partial charge in [0, 0.05) is 58.9 Å². The van der Waals surface area contributed by atoms with Gasteiger partial charge in [-0.1, -0.05) is 0 Å². The summed E-state index contributed by atoms with van der Waals surface area (Å²) in [7, 11) is 3.62. The summed E-state index contributed by atoms with van der Waals surface area (Å²) < 4.78 is 3.70. The molecule has 10 heteroatoms. The van der Waals surface area contributed by atoms with Crippen LogP contribution in [0.2, 0.25) is 0 Å². The van der Waals surface area contributed by atoms with Crippen LogP contribution in [0.3, 0.4) is 0 Å². The summed E-state index contributed by atoms with van der Waals surface area (Å²) in [6.45, 7) is 9.33. The number of hydrogen-bond donors (Lipinski definition) is 1. The van der Waals surface area contributed by atoms with Crippen molar-refractivity contribution in [3.05, 3.63) is 42.8 Å². The molecule has 0 atom stereocenters. The fraction of sp³-hybridized carbons (Fsp3) is 0.619. The van der Waals surface area contributed by atoms with E-state index >= 15 is 0 Å². The number of carbonyl (C=O) groups is 1. The molecule has 170 valence electrons. The number of nitrogens with one attached hydrogen (secondary N) is 1. The monoisotopic (exact) mass is 432 g/mol. The minimum absolute atomic E-state index is 0.0205. The van der Waals surface area contributed by atoms with Gasteiger partial charge in [-0.15, -0.1) is 0 Å². The predicted molar refractivity (Wildman–Crippen MR) is 120 cm³/mol. The van der Waals surface area contributed by atoms with Gasteiger partial charge in [-0.3, -0.25) is 28.1 Å². The number of fused-ring (bicyclic) bond motifs is 1. The minimum atomic E-state index is -0.551. The largest absolute Gasteiger partial charge is 0.352 e. The average molecular weight is 433 g/mol. The Morgan fingerprint density at radius 1 is 1.00 bits per heavy atom. The summed E-state index contributed by atoms with van der Waals surface area (Å²) in [5, 5.41) is 2.94. The molecule has 0 aliphatic carbocycles. The van der Waals surface area contributed by atoms with Gasteiger partial charge in [0.05, 0.1) is 10.9 Å². The third-order valence-electron chi connectivity index (χ3n) is 5.99. The molecule has 0 saturated carbocycles. The second-order valence-electron chi connectivity index (χ2n) is 7.98. The van der Waals surface area contributed by atoms with Crippen LogP contribution in [-0.2, 0) is 20.1 Å². The summed E-state index contributed by atoms with van der Waals surface area (Å²) in [5.74, 6) is -0.470. The molecule has 0 unspecified atom stereocenters. The first-order valence-corrected chi connectivity index (χ1v) is 10.9. The van der Waals surface area contributed by atoms with Gasteiger partial charge in [0.25, 0.3) is 17.0 Å². The Morgan fingerprint density at radius 3 is 2.26 bits per heavy atom. The molecule has 1 saturated heterocycles. The number of nitrogens with zero attached hydrogens (tertiary/aromatic N) is 5. The first-order chi connectivity index (χ1) is 14.8. The fourth-order valence-electron chi connectivity index (χ4n) is 4.12. The zero-order chi connectivity index (χ0) is 22.7. The molecule has 0 aromatic carbocycles.